The zero-order valence-electron chi connectivity index (χ0n) is 12.3. The van der Waals surface area contributed by atoms with E-state index in [4.69, 9.17) is 8.85 Å². The summed E-state index contributed by atoms with van der Waals surface area (Å²) >= 11 is 0. The van der Waals surface area contributed by atoms with Crippen molar-refractivity contribution in [3.63, 3.8) is 0 Å². The van der Waals surface area contributed by atoms with Crippen LogP contribution in [0.5, 0.6) is 0 Å². The van der Waals surface area contributed by atoms with Crippen LogP contribution in [0.1, 0.15) is 6.42 Å². The number of ether oxygens (including phenoxy) is 1. The van der Waals surface area contributed by atoms with Crippen molar-refractivity contribution >= 4 is 28.4 Å². The summed E-state index contributed by atoms with van der Waals surface area (Å²) in [6.07, 6.45) is -1.25. The van der Waals surface area contributed by atoms with Gasteiger partial charge in [0, 0.05) is 0 Å². The van der Waals surface area contributed by atoms with E-state index in [-0.39, 0.29) is 12.2 Å². The molecule has 0 bridgehead atoms. The zero-order valence-corrected chi connectivity index (χ0v) is 14.3. The maximum absolute atomic E-state index is 12.0. The molecule has 0 aliphatic rings. The maximum Gasteiger partial charge on any atom is 0.313 e. The van der Waals surface area contributed by atoms with Gasteiger partial charge in [-0.05, 0) is 39.3 Å². The van der Waals surface area contributed by atoms with E-state index in [0.717, 1.165) is 0 Å². The molecule has 0 rings (SSSR count). The van der Waals surface area contributed by atoms with Gasteiger partial charge in [-0.15, -0.1) is 0 Å². The molecular formula is C11H24O5Si2. The molecule has 0 aliphatic carbocycles. The molecule has 0 N–H and O–H groups in total. The highest BCUT2D eigenvalue weighted by Crippen LogP contribution is 2.16. The fourth-order valence-electron chi connectivity index (χ4n) is 1.10. The van der Waals surface area contributed by atoms with Gasteiger partial charge in [-0.2, -0.15) is 0 Å². The van der Waals surface area contributed by atoms with E-state index in [1.54, 1.807) is 0 Å². The quantitative estimate of drug-likeness (QED) is 0.311. The lowest BCUT2D eigenvalue weighted by atomic mass is 10.3. The van der Waals surface area contributed by atoms with Crippen LogP contribution in [0.2, 0.25) is 39.3 Å². The third kappa shape index (κ3) is 8.57. The summed E-state index contributed by atoms with van der Waals surface area (Å²) in [5, 5.41) is 0. The van der Waals surface area contributed by atoms with Crippen LogP contribution in [0.15, 0.2) is 0 Å². The van der Waals surface area contributed by atoms with Crippen LogP contribution in [0.25, 0.3) is 0 Å². The molecule has 0 atom stereocenters. The number of rotatable bonds is 7. The predicted molar refractivity (Wildman–Crippen MR) is 74.3 cm³/mol. The molecule has 0 saturated carbocycles. The van der Waals surface area contributed by atoms with Gasteiger partial charge in [0.05, 0.1) is 7.11 Å². The van der Waals surface area contributed by atoms with Crippen molar-refractivity contribution < 1.29 is 23.2 Å². The van der Waals surface area contributed by atoms with Gasteiger partial charge >= 0.3 is 5.97 Å². The fraction of sp³-hybridized carbons (Fsp3) is 0.818. The van der Waals surface area contributed by atoms with Crippen molar-refractivity contribution in [2.45, 2.75) is 52.0 Å². The first-order chi connectivity index (χ1) is 7.94. The molecule has 0 aromatic carbocycles. The van der Waals surface area contributed by atoms with Crippen molar-refractivity contribution in [1.82, 2.24) is 0 Å². The van der Waals surface area contributed by atoms with Crippen LogP contribution >= 0.6 is 0 Å². The molecule has 0 fully saturated rings. The Bertz CT molecular complexity index is 288. The Balaban J connectivity index is 4.75. The highest BCUT2D eigenvalue weighted by molar-refractivity contribution is 6.71. The molecule has 5 nitrogen and oxygen atoms in total. The SMILES string of the molecule is COC(=O)CC(=O)C(O[Si](C)(C)C)O[Si](C)(C)C. The minimum absolute atomic E-state index is 0.309. The number of carbonyl (C=O) groups excluding carboxylic acids is 2. The van der Waals surface area contributed by atoms with E-state index in [2.05, 4.69) is 4.74 Å². The molecule has 0 radical (unpaired) electrons. The Labute approximate surface area is 111 Å². The number of esters is 1. The van der Waals surface area contributed by atoms with E-state index in [1.165, 1.54) is 7.11 Å². The van der Waals surface area contributed by atoms with E-state index in [9.17, 15) is 9.59 Å². The molecule has 0 spiro atoms. The summed E-state index contributed by atoms with van der Waals surface area (Å²) in [5.41, 5.74) is 0. The number of hydrogen-bond donors (Lipinski definition) is 0. The second-order valence-electron chi connectivity index (χ2n) is 6.01. The Morgan fingerprint density at radius 1 is 0.944 bits per heavy atom. The first-order valence-electron chi connectivity index (χ1n) is 5.90. The lowest BCUT2D eigenvalue weighted by Crippen LogP contribution is -2.44. The number of Topliss-reactive ketones (excluding diaryl/α,β-unsaturated/α-hetero) is 1. The number of ketones is 1. The molecule has 106 valence electrons. The van der Waals surface area contributed by atoms with Gasteiger partial charge in [0.15, 0.2) is 28.7 Å². The summed E-state index contributed by atoms with van der Waals surface area (Å²) in [7, 11) is -2.59. The Morgan fingerprint density at radius 2 is 1.33 bits per heavy atom. The highest BCUT2D eigenvalue weighted by atomic mass is 28.4. The van der Waals surface area contributed by atoms with Gasteiger partial charge in [-0.3, -0.25) is 9.59 Å². The van der Waals surface area contributed by atoms with Crippen LogP contribution in [0.4, 0.5) is 0 Å². The average Bonchev–Trinajstić information content (AvgIpc) is 2.11. The molecule has 0 aromatic heterocycles. The topological polar surface area (TPSA) is 61.8 Å². The number of methoxy groups -OCH3 is 1. The van der Waals surface area contributed by atoms with Gasteiger partial charge in [0.2, 0.25) is 0 Å². The van der Waals surface area contributed by atoms with Gasteiger partial charge in [-0.1, -0.05) is 0 Å². The second-order valence-corrected chi connectivity index (χ2v) is 14.9. The fourth-order valence-corrected chi connectivity index (χ4v) is 2.84. The van der Waals surface area contributed by atoms with Gasteiger partial charge in [0.25, 0.3) is 0 Å². The van der Waals surface area contributed by atoms with Crippen molar-refractivity contribution in [2.24, 2.45) is 0 Å². The Kier molecular flexibility index (Phi) is 6.41. The van der Waals surface area contributed by atoms with E-state index in [1.807, 2.05) is 39.3 Å². The molecular weight excluding hydrogens is 268 g/mol. The van der Waals surface area contributed by atoms with Gasteiger partial charge in [0.1, 0.15) is 6.42 Å². The minimum atomic E-state index is -1.92. The van der Waals surface area contributed by atoms with Crippen LogP contribution in [0, 0.1) is 0 Å². The standard InChI is InChI=1S/C11H24O5Si2/c1-14-10(13)8-9(12)11(15-17(2,3)4)16-18(5,6)7/h11H,8H2,1-7H3. The molecule has 0 saturated heterocycles. The average molecular weight is 292 g/mol. The van der Waals surface area contributed by atoms with E-state index >= 15 is 0 Å². The van der Waals surface area contributed by atoms with Crippen molar-refractivity contribution in [3.05, 3.63) is 0 Å². The molecule has 0 aliphatic heterocycles. The molecule has 18 heavy (non-hydrogen) atoms. The molecule has 0 heterocycles. The smallest absolute Gasteiger partial charge is 0.313 e. The van der Waals surface area contributed by atoms with Crippen LogP contribution in [-0.2, 0) is 23.2 Å². The van der Waals surface area contributed by atoms with Crippen molar-refractivity contribution in [3.8, 4) is 0 Å². The molecule has 0 aromatic rings. The highest BCUT2D eigenvalue weighted by Gasteiger charge is 2.32. The van der Waals surface area contributed by atoms with E-state index in [0.29, 0.717) is 0 Å². The van der Waals surface area contributed by atoms with Gasteiger partial charge in [-0.25, -0.2) is 0 Å². The first kappa shape index (κ1) is 17.5. The molecule has 7 heteroatoms. The Hall–Kier alpha value is -0.506. The monoisotopic (exact) mass is 292 g/mol. The minimum Gasteiger partial charge on any atom is -0.469 e. The number of carbonyl (C=O) groups is 2. The zero-order chi connectivity index (χ0) is 14.6. The lowest BCUT2D eigenvalue weighted by Gasteiger charge is -2.30. The van der Waals surface area contributed by atoms with Crippen LogP contribution in [-0.4, -0.2) is 41.8 Å². The van der Waals surface area contributed by atoms with E-state index < -0.39 is 28.9 Å². The molecule has 0 unspecified atom stereocenters. The summed E-state index contributed by atoms with van der Waals surface area (Å²) in [4.78, 5) is 23.1. The summed E-state index contributed by atoms with van der Waals surface area (Å²) in [5.74, 6) is -0.935. The van der Waals surface area contributed by atoms with Gasteiger partial charge < -0.3 is 13.6 Å². The lowest BCUT2D eigenvalue weighted by molar-refractivity contribution is -0.150. The maximum atomic E-state index is 12.0. The summed E-state index contributed by atoms with van der Waals surface area (Å²) < 4.78 is 15.9. The molecule has 0 amide bonds. The van der Waals surface area contributed by atoms with Crippen LogP contribution in [0.3, 0.4) is 0 Å². The Morgan fingerprint density at radius 3 is 1.61 bits per heavy atom. The predicted octanol–water partition coefficient (Wildman–Crippen LogP) is 2.15. The second kappa shape index (κ2) is 6.60. The third-order valence-corrected chi connectivity index (χ3v) is 3.57. The summed E-state index contributed by atoms with van der Waals surface area (Å²) in [6.45, 7) is 11.8. The van der Waals surface area contributed by atoms with Crippen LogP contribution < -0.4 is 0 Å². The normalized spacial score (nSPS) is 12.7. The largest absolute Gasteiger partial charge is 0.469 e. The summed E-state index contributed by atoms with van der Waals surface area (Å²) in [6, 6.07) is 0. The number of hydrogen-bond acceptors (Lipinski definition) is 5. The third-order valence-electron chi connectivity index (χ3n) is 1.73. The van der Waals surface area contributed by atoms with Crippen molar-refractivity contribution in [2.75, 3.05) is 7.11 Å². The van der Waals surface area contributed by atoms with Crippen molar-refractivity contribution in [1.29, 1.82) is 0 Å². The first-order valence-corrected chi connectivity index (χ1v) is 12.7.